The molecule has 1 aromatic heterocycles. The van der Waals surface area contributed by atoms with E-state index in [1.807, 2.05) is 0 Å². The number of carboxylic acids is 1. The van der Waals surface area contributed by atoms with Crippen molar-refractivity contribution in [1.29, 1.82) is 0 Å². The number of halogens is 2. The van der Waals surface area contributed by atoms with Crippen LogP contribution in [0.15, 0.2) is 61.5 Å². The van der Waals surface area contributed by atoms with Gasteiger partial charge >= 0.3 is 5.97 Å². The van der Waals surface area contributed by atoms with E-state index in [1.54, 1.807) is 42.5 Å². The lowest BCUT2D eigenvalue weighted by Crippen LogP contribution is -1.99. The van der Waals surface area contributed by atoms with E-state index in [0.29, 0.717) is 21.9 Å². The number of aliphatic carboxylic acids is 1. The fourth-order valence-corrected chi connectivity index (χ4v) is 3.38. The second kappa shape index (κ2) is 9.65. The molecular formula is C20H12BrClN2O4S. The Labute approximate surface area is 184 Å². The van der Waals surface area contributed by atoms with E-state index in [1.165, 1.54) is 6.08 Å². The monoisotopic (exact) mass is 490 g/mol. The van der Waals surface area contributed by atoms with Crippen LogP contribution in [0.1, 0.15) is 5.56 Å². The first-order chi connectivity index (χ1) is 14.0. The molecule has 3 aromatic rings. The maximum Gasteiger partial charge on any atom is 0.342 e. The molecule has 0 aliphatic rings. The Bertz CT molecular complexity index is 1110. The minimum Gasteiger partial charge on any atom is -0.480 e. The van der Waals surface area contributed by atoms with Crippen LogP contribution in [0.4, 0.5) is 0 Å². The summed E-state index contributed by atoms with van der Waals surface area (Å²) in [5.41, 5.74) is 1.21. The van der Waals surface area contributed by atoms with Crippen molar-refractivity contribution in [2.24, 2.45) is 0 Å². The summed E-state index contributed by atoms with van der Waals surface area (Å²) in [5, 5.41) is 18.1. The molecule has 3 rings (SSSR count). The molecule has 0 aliphatic carbocycles. The van der Waals surface area contributed by atoms with E-state index in [9.17, 15) is 9.90 Å². The average Bonchev–Trinajstić information content (AvgIpc) is 3.16. The number of aromatic nitrogens is 2. The number of rotatable bonds is 7. The molecule has 0 aliphatic heterocycles. The Morgan fingerprint density at radius 1 is 1.31 bits per heavy atom. The summed E-state index contributed by atoms with van der Waals surface area (Å²) in [7, 11) is 0. The molecule has 0 saturated carbocycles. The molecule has 0 unspecified atom stereocenters. The first-order valence-electron chi connectivity index (χ1n) is 8.04. The van der Waals surface area contributed by atoms with Crippen LogP contribution >= 0.6 is 39.3 Å². The van der Waals surface area contributed by atoms with E-state index in [-0.39, 0.29) is 22.6 Å². The molecule has 0 spiro atoms. The molecule has 0 amide bonds. The van der Waals surface area contributed by atoms with Gasteiger partial charge in [-0.2, -0.15) is 0 Å². The van der Waals surface area contributed by atoms with Gasteiger partial charge in [-0.15, -0.1) is 16.6 Å². The summed E-state index contributed by atoms with van der Waals surface area (Å²) in [6, 6.07) is 12.0. The van der Waals surface area contributed by atoms with Crippen LogP contribution in [-0.4, -0.2) is 27.9 Å². The van der Waals surface area contributed by atoms with Gasteiger partial charge in [-0.3, -0.25) is 0 Å². The molecule has 0 fully saturated rings. The van der Waals surface area contributed by atoms with Crippen molar-refractivity contribution in [1.82, 2.24) is 10.2 Å². The summed E-state index contributed by atoms with van der Waals surface area (Å²) in [5.74, 6) is 1.94. The van der Waals surface area contributed by atoms with E-state index < -0.39 is 5.97 Å². The van der Waals surface area contributed by atoms with Crippen molar-refractivity contribution < 1.29 is 19.1 Å². The number of carbonyl (C=O) groups is 1. The second-order valence-electron chi connectivity index (χ2n) is 5.47. The first-order valence-corrected chi connectivity index (χ1v) is 10.0. The van der Waals surface area contributed by atoms with E-state index >= 15 is 0 Å². The maximum atomic E-state index is 11.8. The summed E-state index contributed by atoms with van der Waals surface area (Å²) in [6.45, 7) is 0.0616. The largest absolute Gasteiger partial charge is 0.480 e. The lowest BCUT2D eigenvalue weighted by atomic mass is 10.2. The van der Waals surface area contributed by atoms with E-state index in [2.05, 4.69) is 32.0 Å². The van der Waals surface area contributed by atoms with Crippen molar-refractivity contribution in [3.63, 3.8) is 0 Å². The van der Waals surface area contributed by atoms with Gasteiger partial charge < -0.3 is 14.3 Å². The molecule has 2 aromatic carbocycles. The molecule has 0 bridgehead atoms. The van der Waals surface area contributed by atoms with E-state index in [4.69, 9.17) is 27.2 Å². The number of benzene rings is 2. The van der Waals surface area contributed by atoms with Gasteiger partial charge in [-0.25, -0.2) is 4.79 Å². The predicted molar refractivity (Wildman–Crippen MR) is 115 cm³/mol. The molecule has 1 N–H and O–H groups in total. The third-order valence-corrected chi connectivity index (χ3v) is 5.07. The highest BCUT2D eigenvalue weighted by Crippen LogP contribution is 2.33. The van der Waals surface area contributed by atoms with Crippen molar-refractivity contribution in [3.05, 3.63) is 62.4 Å². The smallest absolute Gasteiger partial charge is 0.342 e. The van der Waals surface area contributed by atoms with Gasteiger partial charge in [0.2, 0.25) is 5.89 Å². The molecule has 0 radical (unpaired) electrons. The topological polar surface area (TPSA) is 85.5 Å². The highest BCUT2D eigenvalue weighted by Gasteiger charge is 2.17. The molecule has 6 nitrogen and oxygen atoms in total. The third kappa shape index (κ3) is 5.64. The third-order valence-electron chi connectivity index (χ3n) is 3.48. The van der Waals surface area contributed by atoms with Crippen molar-refractivity contribution in [3.8, 4) is 29.5 Å². The fourth-order valence-electron chi connectivity index (χ4n) is 2.21. The minimum absolute atomic E-state index is 0.0278. The zero-order chi connectivity index (χ0) is 20.8. The lowest BCUT2D eigenvalue weighted by Gasteiger charge is -2.08. The summed E-state index contributed by atoms with van der Waals surface area (Å²) in [6.07, 6.45) is 6.69. The second-order valence-corrected chi connectivity index (χ2v) is 7.82. The molecule has 1 heterocycles. The Morgan fingerprint density at radius 3 is 2.76 bits per heavy atom. The van der Waals surface area contributed by atoms with Gasteiger partial charge in [-0.1, -0.05) is 33.5 Å². The van der Waals surface area contributed by atoms with Gasteiger partial charge in [0.15, 0.2) is 0 Å². The van der Waals surface area contributed by atoms with Gasteiger partial charge in [0.1, 0.15) is 17.3 Å². The Kier molecular flexibility index (Phi) is 6.99. The van der Waals surface area contributed by atoms with Crippen LogP contribution in [0, 0.1) is 12.3 Å². The van der Waals surface area contributed by atoms with Crippen LogP contribution < -0.4 is 4.74 Å². The number of hydrogen-bond acceptors (Lipinski definition) is 6. The Morgan fingerprint density at radius 2 is 2.07 bits per heavy atom. The lowest BCUT2D eigenvalue weighted by molar-refractivity contribution is -0.131. The number of carboxylic acid groups (broad SMARTS) is 1. The molecule has 29 heavy (non-hydrogen) atoms. The minimum atomic E-state index is -1.15. The highest BCUT2D eigenvalue weighted by molar-refractivity contribution is 9.10. The van der Waals surface area contributed by atoms with Crippen LogP contribution in [0.3, 0.4) is 0 Å². The summed E-state index contributed by atoms with van der Waals surface area (Å²) in [4.78, 5) is 11.7. The van der Waals surface area contributed by atoms with Crippen LogP contribution in [-0.2, 0) is 4.79 Å². The molecule has 0 atom stereocenters. The van der Waals surface area contributed by atoms with Crippen LogP contribution in [0.5, 0.6) is 5.75 Å². The Hall–Kier alpha value is -2.73. The molecule has 0 saturated heterocycles. The first kappa shape index (κ1) is 21.0. The number of ether oxygens (including phenoxy) is 1. The summed E-state index contributed by atoms with van der Waals surface area (Å²) < 4.78 is 11.8. The quantitative estimate of drug-likeness (QED) is 0.270. The Balaban J connectivity index is 1.88. The van der Waals surface area contributed by atoms with Gasteiger partial charge in [0, 0.05) is 20.6 Å². The predicted octanol–water partition coefficient (Wildman–Crippen LogP) is 5.38. The zero-order valence-corrected chi connectivity index (χ0v) is 17.8. The van der Waals surface area contributed by atoms with Crippen LogP contribution in [0.2, 0.25) is 5.02 Å². The number of hydrogen-bond donors (Lipinski definition) is 1. The van der Waals surface area contributed by atoms with Gasteiger partial charge in [0.25, 0.3) is 5.22 Å². The van der Waals surface area contributed by atoms with Gasteiger partial charge in [0.05, 0.1) is 0 Å². The average molecular weight is 492 g/mol. The number of nitrogens with zero attached hydrogens (tertiary/aromatic N) is 2. The maximum absolute atomic E-state index is 11.8. The summed E-state index contributed by atoms with van der Waals surface area (Å²) >= 11 is 10.1. The number of thioether (sulfide) groups is 1. The number of terminal acetylenes is 1. The highest BCUT2D eigenvalue weighted by atomic mass is 79.9. The molecule has 146 valence electrons. The SMILES string of the molecule is C#CCOc1ccc(Br)cc1/C=C(\Sc1nnc(-c2ccc(Cl)cc2)o1)C(=O)O. The van der Waals surface area contributed by atoms with Crippen molar-refractivity contribution in [2.45, 2.75) is 5.22 Å². The van der Waals surface area contributed by atoms with Crippen molar-refractivity contribution in [2.75, 3.05) is 6.61 Å². The standard InChI is InChI=1S/C20H12BrClN2O4S/c1-2-9-27-16-8-5-14(21)10-13(16)11-17(19(25)26)29-20-24-23-18(28-20)12-3-6-15(22)7-4-12/h1,3-8,10-11H,9H2,(H,25,26)/b17-11-. The zero-order valence-electron chi connectivity index (χ0n) is 14.6. The van der Waals surface area contributed by atoms with Gasteiger partial charge in [-0.05, 0) is 60.3 Å². The molecular weight excluding hydrogens is 480 g/mol. The normalized spacial score (nSPS) is 11.1. The fraction of sp³-hybridized carbons (Fsp3) is 0.0500. The van der Waals surface area contributed by atoms with E-state index in [0.717, 1.165) is 16.2 Å². The molecule has 9 heteroatoms. The van der Waals surface area contributed by atoms with Crippen molar-refractivity contribution >= 4 is 51.3 Å². The van der Waals surface area contributed by atoms with Crippen LogP contribution in [0.25, 0.3) is 17.5 Å².